The first-order chi connectivity index (χ1) is 15.8. The summed E-state index contributed by atoms with van der Waals surface area (Å²) in [5, 5.41) is 3.25. The lowest BCUT2D eigenvalue weighted by Gasteiger charge is -2.36. The molecule has 0 radical (unpaired) electrons. The van der Waals surface area contributed by atoms with Crippen LogP contribution in [0.15, 0.2) is 48.7 Å². The smallest absolute Gasteiger partial charge is 0.353 e. The number of halogens is 4. The Labute approximate surface area is 196 Å². The minimum Gasteiger partial charge on any atom is -0.353 e. The summed E-state index contributed by atoms with van der Waals surface area (Å²) in [5.74, 6) is 1.86. The van der Waals surface area contributed by atoms with Gasteiger partial charge in [0.05, 0.1) is 5.56 Å². The maximum atomic E-state index is 12.7. The molecule has 1 fully saturated rings. The number of pyridine rings is 1. The highest BCUT2D eigenvalue weighted by molar-refractivity contribution is 6.29. The summed E-state index contributed by atoms with van der Waals surface area (Å²) in [5.41, 5.74) is 0.891. The summed E-state index contributed by atoms with van der Waals surface area (Å²) in [7, 11) is 0. The highest BCUT2D eigenvalue weighted by Crippen LogP contribution is 2.30. The summed E-state index contributed by atoms with van der Waals surface area (Å²) >= 11 is 6.18. The molecule has 4 rings (SSSR count). The van der Waals surface area contributed by atoms with E-state index in [-0.39, 0.29) is 5.15 Å². The molecule has 176 valence electrons. The van der Waals surface area contributed by atoms with Crippen molar-refractivity contribution < 1.29 is 13.2 Å². The summed E-state index contributed by atoms with van der Waals surface area (Å²) in [6.07, 6.45) is -2.59. The van der Waals surface area contributed by atoms with Gasteiger partial charge in [-0.15, -0.1) is 0 Å². The fourth-order valence-corrected chi connectivity index (χ4v) is 3.61. The predicted octanol–water partition coefficient (Wildman–Crippen LogP) is 5.95. The third-order valence-electron chi connectivity index (χ3n) is 5.01. The van der Waals surface area contributed by atoms with Crippen molar-refractivity contribution in [2.24, 2.45) is 0 Å². The van der Waals surface area contributed by atoms with E-state index in [1.165, 1.54) is 18.2 Å². The van der Waals surface area contributed by atoms with Crippen LogP contribution in [0.3, 0.4) is 0 Å². The van der Waals surface area contributed by atoms with Crippen molar-refractivity contribution >= 4 is 34.9 Å². The zero-order valence-electron chi connectivity index (χ0n) is 18.7. The molecule has 0 spiro atoms. The minimum absolute atomic E-state index is 0.252. The lowest BCUT2D eigenvalue weighted by Crippen LogP contribution is -2.47. The molecule has 0 atom stereocenters. The van der Waals surface area contributed by atoms with E-state index in [1.54, 1.807) is 6.20 Å². The van der Waals surface area contributed by atoms with Gasteiger partial charge >= 0.3 is 6.18 Å². The Bertz CT molecular complexity index is 1050. The van der Waals surface area contributed by atoms with Crippen molar-refractivity contribution in [1.82, 2.24) is 15.0 Å². The molecule has 0 saturated carbocycles. The van der Waals surface area contributed by atoms with Gasteiger partial charge in [-0.1, -0.05) is 31.5 Å². The van der Waals surface area contributed by atoms with Crippen molar-refractivity contribution in [3.63, 3.8) is 0 Å². The predicted molar refractivity (Wildman–Crippen MR) is 127 cm³/mol. The van der Waals surface area contributed by atoms with Crippen molar-refractivity contribution in [3.05, 3.63) is 64.9 Å². The molecule has 1 aliphatic rings. The Hall–Kier alpha value is -3.07. The minimum atomic E-state index is -4.38. The maximum Gasteiger partial charge on any atom is 0.416 e. The Kier molecular flexibility index (Phi) is 7.97. The van der Waals surface area contributed by atoms with Crippen LogP contribution in [-0.2, 0) is 6.18 Å². The van der Waals surface area contributed by atoms with Crippen LogP contribution in [0.1, 0.15) is 25.0 Å². The van der Waals surface area contributed by atoms with Crippen molar-refractivity contribution in [3.8, 4) is 0 Å². The molecule has 2 aromatic heterocycles. The lowest BCUT2D eigenvalue weighted by atomic mass is 10.2. The molecule has 0 aliphatic carbocycles. The summed E-state index contributed by atoms with van der Waals surface area (Å²) < 4.78 is 38.2. The number of aryl methyl sites for hydroxylation is 1. The molecule has 0 bridgehead atoms. The molecule has 3 heterocycles. The van der Waals surface area contributed by atoms with Gasteiger partial charge in [0.1, 0.15) is 16.8 Å². The zero-order chi connectivity index (χ0) is 24.0. The van der Waals surface area contributed by atoms with Gasteiger partial charge in [0, 0.05) is 44.1 Å². The molecule has 1 aromatic carbocycles. The van der Waals surface area contributed by atoms with E-state index in [2.05, 4.69) is 25.2 Å². The van der Waals surface area contributed by atoms with Gasteiger partial charge in [-0.25, -0.2) is 9.97 Å². The van der Waals surface area contributed by atoms with Crippen molar-refractivity contribution in [2.45, 2.75) is 26.9 Å². The molecule has 10 heteroatoms. The fraction of sp³-hybridized carbons (Fsp3) is 0.348. The second-order valence-electron chi connectivity index (χ2n) is 7.19. The first-order valence-corrected chi connectivity index (χ1v) is 11.1. The fourth-order valence-electron chi connectivity index (χ4n) is 3.43. The number of alkyl halides is 3. The zero-order valence-corrected chi connectivity index (χ0v) is 19.5. The Morgan fingerprint density at radius 2 is 1.58 bits per heavy atom. The summed E-state index contributed by atoms with van der Waals surface area (Å²) in [4.78, 5) is 17.5. The average Bonchev–Trinajstić information content (AvgIpc) is 2.80. The van der Waals surface area contributed by atoms with Gasteiger partial charge in [-0.2, -0.15) is 18.2 Å². The van der Waals surface area contributed by atoms with Crippen LogP contribution in [0.5, 0.6) is 0 Å². The van der Waals surface area contributed by atoms with Crippen LogP contribution in [0, 0.1) is 6.92 Å². The van der Waals surface area contributed by atoms with E-state index in [4.69, 9.17) is 11.6 Å². The standard InChI is InChI=1S/C21H20ClF3N6.C2H6/c1-14-3-2-8-26-19(14)30-9-11-31(12-10-30)20-28-17(22)13-18(29-20)27-16-6-4-15(5-7-16)21(23,24)25;1-2/h2-8,13H,9-12H2,1H3,(H,27,28,29);1-2H3. The summed E-state index contributed by atoms with van der Waals surface area (Å²) in [6, 6.07) is 10.2. The van der Waals surface area contributed by atoms with E-state index in [9.17, 15) is 13.2 Å². The number of anilines is 4. The van der Waals surface area contributed by atoms with Gasteiger partial charge in [-0.05, 0) is 42.8 Å². The topological polar surface area (TPSA) is 57.2 Å². The van der Waals surface area contributed by atoms with Crippen LogP contribution in [-0.4, -0.2) is 41.1 Å². The van der Waals surface area contributed by atoms with E-state index in [0.717, 1.165) is 36.6 Å². The van der Waals surface area contributed by atoms with Crippen LogP contribution in [0.25, 0.3) is 0 Å². The molecular weight excluding hydrogens is 453 g/mol. The number of hydrogen-bond donors (Lipinski definition) is 1. The number of nitrogens with zero attached hydrogens (tertiary/aromatic N) is 5. The Balaban J connectivity index is 0.00000149. The van der Waals surface area contributed by atoms with Gasteiger partial charge in [-0.3, -0.25) is 0 Å². The second-order valence-corrected chi connectivity index (χ2v) is 7.58. The number of benzene rings is 1. The molecule has 0 unspecified atom stereocenters. The summed E-state index contributed by atoms with van der Waals surface area (Å²) in [6.45, 7) is 8.94. The number of nitrogens with one attached hydrogen (secondary N) is 1. The van der Waals surface area contributed by atoms with E-state index < -0.39 is 11.7 Å². The molecule has 3 aromatic rings. The first kappa shape index (κ1) is 24.6. The second kappa shape index (κ2) is 10.7. The number of piperazine rings is 1. The van der Waals surface area contributed by atoms with Gasteiger partial charge in [0.15, 0.2) is 0 Å². The van der Waals surface area contributed by atoms with Crippen LogP contribution in [0.4, 0.5) is 36.4 Å². The maximum absolute atomic E-state index is 12.7. The van der Waals surface area contributed by atoms with Crippen molar-refractivity contribution in [1.29, 1.82) is 0 Å². The van der Waals surface area contributed by atoms with Gasteiger partial charge in [0.2, 0.25) is 5.95 Å². The first-order valence-electron chi connectivity index (χ1n) is 10.7. The van der Waals surface area contributed by atoms with Gasteiger partial charge in [0.25, 0.3) is 0 Å². The van der Waals surface area contributed by atoms with E-state index >= 15 is 0 Å². The van der Waals surface area contributed by atoms with E-state index in [0.29, 0.717) is 30.5 Å². The van der Waals surface area contributed by atoms with Crippen LogP contribution >= 0.6 is 11.6 Å². The van der Waals surface area contributed by atoms with E-state index in [1.807, 2.05) is 37.8 Å². The largest absolute Gasteiger partial charge is 0.416 e. The monoisotopic (exact) mass is 478 g/mol. The average molecular weight is 479 g/mol. The van der Waals surface area contributed by atoms with Gasteiger partial charge < -0.3 is 15.1 Å². The third-order valence-corrected chi connectivity index (χ3v) is 5.21. The number of hydrogen-bond acceptors (Lipinski definition) is 6. The molecule has 6 nitrogen and oxygen atoms in total. The normalized spacial score (nSPS) is 13.9. The van der Waals surface area contributed by atoms with Crippen LogP contribution < -0.4 is 15.1 Å². The molecule has 1 saturated heterocycles. The van der Waals surface area contributed by atoms with Crippen LogP contribution in [0.2, 0.25) is 5.15 Å². The third kappa shape index (κ3) is 6.25. The molecule has 1 aliphatic heterocycles. The molecular formula is C23H26ClF3N6. The number of rotatable bonds is 4. The molecule has 0 amide bonds. The highest BCUT2D eigenvalue weighted by Gasteiger charge is 2.30. The Morgan fingerprint density at radius 3 is 2.18 bits per heavy atom. The highest BCUT2D eigenvalue weighted by atomic mass is 35.5. The number of aromatic nitrogens is 3. The Morgan fingerprint density at radius 1 is 0.939 bits per heavy atom. The molecule has 33 heavy (non-hydrogen) atoms. The SMILES string of the molecule is CC.Cc1cccnc1N1CCN(c2nc(Cl)cc(Nc3ccc(C(F)(F)F)cc3)n2)CC1. The molecule has 1 N–H and O–H groups in total. The quantitative estimate of drug-likeness (QED) is 0.468. The van der Waals surface area contributed by atoms with Crippen molar-refractivity contribution in [2.75, 3.05) is 41.3 Å². The lowest BCUT2D eigenvalue weighted by molar-refractivity contribution is -0.137.